The zero-order valence-electron chi connectivity index (χ0n) is 14.1. The van der Waals surface area contributed by atoms with Gasteiger partial charge in [0, 0.05) is 38.8 Å². The summed E-state index contributed by atoms with van der Waals surface area (Å²) in [7, 11) is 0. The topological polar surface area (TPSA) is 92.3 Å². The minimum absolute atomic E-state index is 0.0594. The third-order valence-electron chi connectivity index (χ3n) is 4.15. The maximum absolute atomic E-state index is 12.3. The van der Waals surface area contributed by atoms with Crippen LogP contribution in [0.2, 0.25) is 0 Å². The van der Waals surface area contributed by atoms with E-state index >= 15 is 0 Å². The van der Waals surface area contributed by atoms with Crippen LogP contribution in [0.4, 0.5) is 4.79 Å². The van der Waals surface area contributed by atoms with Gasteiger partial charge in [0.2, 0.25) is 0 Å². The van der Waals surface area contributed by atoms with Gasteiger partial charge in [-0.3, -0.25) is 4.90 Å². The molecule has 0 radical (unpaired) electrons. The Morgan fingerprint density at radius 1 is 1.33 bits per heavy atom. The molecule has 2 aromatic heterocycles. The minimum atomic E-state index is -0.0594. The van der Waals surface area contributed by atoms with Crippen LogP contribution in [0.5, 0.6) is 0 Å². The number of hydrogen-bond donors (Lipinski definition) is 1. The van der Waals surface area contributed by atoms with Gasteiger partial charge < -0.3 is 19.3 Å². The molecule has 3 heterocycles. The fraction of sp³-hybridized carbons (Fsp3) is 0.600. The molecule has 1 aliphatic rings. The molecule has 1 saturated heterocycles. The van der Waals surface area contributed by atoms with Crippen LogP contribution < -0.4 is 5.32 Å². The van der Waals surface area contributed by atoms with Crippen molar-refractivity contribution in [2.24, 2.45) is 0 Å². The summed E-state index contributed by atoms with van der Waals surface area (Å²) in [6.07, 6.45) is 1.67. The lowest BCUT2D eigenvalue weighted by Crippen LogP contribution is -2.51. The number of aromatic nitrogens is 4. The highest BCUT2D eigenvalue weighted by molar-refractivity contribution is 5.74. The summed E-state index contributed by atoms with van der Waals surface area (Å²) in [6, 6.07) is 1.89. The van der Waals surface area contributed by atoms with Crippen LogP contribution in [0.25, 0.3) is 0 Å². The fourth-order valence-corrected chi connectivity index (χ4v) is 2.77. The molecule has 130 valence electrons. The molecule has 0 bridgehead atoms. The molecular weight excluding hydrogens is 310 g/mol. The lowest BCUT2D eigenvalue weighted by atomic mass is 10.3. The second-order valence-corrected chi connectivity index (χ2v) is 5.89. The van der Waals surface area contributed by atoms with E-state index in [4.69, 9.17) is 4.52 Å². The van der Waals surface area contributed by atoms with Crippen LogP contribution in [-0.4, -0.2) is 61.9 Å². The molecule has 0 atom stereocenters. The number of piperazine rings is 1. The summed E-state index contributed by atoms with van der Waals surface area (Å²) in [5, 5.41) is 14.7. The molecule has 0 saturated carbocycles. The van der Waals surface area contributed by atoms with Crippen molar-refractivity contribution in [2.75, 3.05) is 26.2 Å². The average molecular weight is 333 g/mol. The lowest BCUT2D eigenvalue weighted by molar-refractivity contribution is 0.127. The van der Waals surface area contributed by atoms with Gasteiger partial charge in [0.25, 0.3) is 0 Å². The van der Waals surface area contributed by atoms with Crippen LogP contribution in [0.3, 0.4) is 0 Å². The van der Waals surface area contributed by atoms with E-state index in [-0.39, 0.29) is 6.03 Å². The minimum Gasteiger partial charge on any atom is -0.360 e. The van der Waals surface area contributed by atoms with E-state index in [0.29, 0.717) is 19.6 Å². The Balaban J connectivity index is 1.43. The number of hydrogen-bond acceptors (Lipinski definition) is 6. The fourth-order valence-electron chi connectivity index (χ4n) is 2.77. The summed E-state index contributed by atoms with van der Waals surface area (Å²) in [5.74, 6) is 1.63. The third kappa shape index (κ3) is 3.91. The van der Waals surface area contributed by atoms with Crippen LogP contribution in [-0.2, 0) is 19.6 Å². The van der Waals surface area contributed by atoms with Crippen LogP contribution >= 0.6 is 0 Å². The van der Waals surface area contributed by atoms with Crippen molar-refractivity contribution in [2.45, 2.75) is 33.5 Å². The van der Waals surface area contributed by atoms with E-state index in [9.17, 15) is 4.79 Å². The zero-order chi connectivity index (χ0) is 16.9. The summed E-state index contributed by atoms with van der Waals surface area (Å²) in [6.45, 7) is 8.87. The van der Waals surface area contributed by atoms with E-state index in [1.807, 2.05) is 29.4 Å². The maximum Gasteiger partial charge on any atom is 0.317 e. The number of carbonyl (C=O) groups excluding carboxylic acids is 1. The van der Waals surface area contributed by atoms with Gasteiger partial charge in [-0.05, 0) is 13.8 Å². The SMILES string of the molecule is CCn1cnnc1CNC(=O)N1CCN(Cc2cc(C)no2)CC1. The van der Waals surface area contributed by atoms with Gasteiger partial charge in [-0.1, -0.05) is 5.16 Å². The van der Waals surface area contributed by atoms with Crippen LogP contribution in [0.1, 0.15) is 24.2 Å². The predicted molar refractivity (Wildman–Crippen MR) is 86.0 cm³/mol. The van der Waals surface area contributed by atoms with Crippen molar-refractivity contribution in [3.8, 4) is 0 Å². The van der Waals surface area contributed by atoms with E-state index in [0.717, 1.165) is 43.5 Å². The van der Waals surface area contributed by atoms with Gasteiger partial charge in [-0.15, -0.1) is 10.2 Å². The van der Waals surface area contributed by atoms with Crippen molar-refractivity contribution in [1.29, 1.82) is 0 Å². The molecule has 0 aliphatic carbocycles. The van der Waals surface area contributed by atoms with Crippen LogP contribution in [0.15, 0.2) is 16.9 Å². The highest BCUT2D eigenvalue weighted by Gasteiger charge is 2.22. The first-order chi connectivity index (χ1) is 11.7. The Labute approximate surface area is 140 Å². The molecule has 0 unspecified atom stereocenters. The van der Waals surface area contributed by atoms with Gasteiger partial charge in [0.05, 0.1) is 18.8 Å². The summed E-state index contributed by atoms with van der Waals surface area (Å²) < 4.78 is 7.16. The standard InChI is InChI=1S/C15H23N7O2/c1-3-21-11-17-18-14(21)9-16-15(23)22-6-4-20(5-7-22)10-13-8-12(2)19-24-13/h8,11H,3-7,9-10H2,1-2H3,(H,16,23). The Kier molecular flexibility index (Phi) is 5.09. The first-order valence-corrected chi connectivity index (χ1v) is 8.19. The van der Waals surface area contributed by atoms with E-state index < -0.39 is 0 Å². The summed E-state index contributed by atoms with van der Waals surface area (Å²) in [4.78, 5) is 16.4. The maximum atomic E-state index is 12.3. The number of carbonyl (C=O) groups is 1. The predicted octanol–water partition coefficient (Wildman–Crippen LogP) is 0.622. The number of nitrogens with one attached hydrogen (secondary N) is 1. The van der Waals surface area contributed by atoms with Crippen molar-refractivity contribution in [3.05, 3.63) is 29.7 Å². The van der Waals surface area contributed by atoms with Crippen molar-refractivity contribution in [3.63, 3.8) is 0 Å². The quantitative estimate of drug-likeness (QED) is 0.862. The normalized spacial score (nSPS) is 15.7. The number of amides is 2. The Bertz CT molecular complexity index is 673. The molecule has 2 amide bonds. The third-order valence-corrected chi connectivity index (χ3v) is 4.15. The first kappa shape index (κ1) is 16.4. The summed E-state index contributed by atoms with van der Waals surface area (Å²) in [5.41, 5.74) is 0.892. The second kappa shape index (κ2) is 7.43. The zero-order valence-corrected chi connectivity index (χ0v) is 14.1. The smallest absolute Gasteiger partial charge is 0.317 e. The van der Waals surface area contributed by atoms with Crippen LogP contribution in [0, 0.1) is 6.92 Å². The molecule has 24 heavy (non-hydrogen) atoms. The molecule has 1 N–H and O–H groups in total. The molecule has 1 fully saturated rings. The van der Waals surface area contributed by atoms with E-state index in [1.165, 1.54) is 0 Å². The Hall–Kier alpha value is -2.42. The van der Waals surface area contributed by atoms with Gasteiger partial charge in [-0.2, -0.15) is 0 Å². The van der Waals surface area contributed by atoms with Crippen molar-refractivity contribution >= 4 is 6.03 Å². The number of rotatable bonds is 5. The molecule has 1 aliphatic heterocycles. The second-order valence-electron chi connectivity index (χ2n) is 5.89. The number of aryl methyl sites for hydroxylation is 2. The highest BCUT2D eigenvalue weighted by Crippen LogP contribution is 2.10. The van der Waals surface area contributed by atoms with E-state index in [2.05, 4.69) is 25.6 Å². The summed E-state index contributed by atoms with van der Waals surface area (Å²) >= 11 is 0. The van der Waals surface area contributed by atoms with Gasteiger partial charge in [-0.25, -0.2) is 4.79 Å². The lowest BCUT2D eigenvalue weighted by Gasteiger charge is -2.34. The molecule has 0 aromatic carbocycles. The number of nitrogens with zero attached hydrogens (tertiary/aromatic N) is 6. The highest BCUT2D eigenvalue weighted by atomic mass is 16.5. The largest absolute Gasteiger partial charge is 0.360 e. The molecule has 3 rings (SSSR count). The monoisotopic (exact) mass is 333 g/mol. The Morgan fingerprint density at radius 3 is 2.79 bits per heavy atom. The molecular formula is C15H23N7O2. The molecule has 0 spiro atoms. The van der Waals surface area contributed by atoms with E-state index in [1.54, 1.807) is 6.33 Å². The Morgan fingerprint density at radius 2 is 2.12 bits per heavy atom. The van der Waals surface area contributed by atoms with Gasteiger partial charge in [0.1, 0.15) is 6.33 Å². The number of urea groups is 1. The molecule has 2 aromatic rings. The molecule has 9 heteroatoms. The average Bonchev–Trinajstić information content (AvgIpc) is 3.21. The van der Waals surface area contributed by atoms with Crippen molar-refractivity contribution < 1.29 is 9.32 Å². The molecule has 9 nitrogen and oxygen atoms in total. The van der Waals surface area contributed by atoms with Gasteiger partial charge >= 0.3 is 6.03 Å². The van der Waals surface area contributed by atoms with Crippen molar-refractivity contribution in [1.82, 2.24) is 35.0 Å². The first-order valence-electron chi connectivity index (χ1n) is 8.19. The van der Waals surface area contributed by atoms with Gasteiger partial charge in [0.15, 0.2) is 11.6 Å².